The van der Waals surface area contributed by atoms with Gasteiger partial charge in [0.25, 0.3) is 5.91 Å². The number of anilines is 1. The maximum absolute atomic E-state index is 11.6. The van der Waals surface area contributed by atoms with E-state index in [-0.39, 0.29) is 12.5 Å². The number of thiocarbonyl (C=S) groups is 1. The molecule has 1 amide bonds. The van der Waals surface area contributed by atoms with E-state index in [1.807, 2.05) is 43.3 Å². The van der Waals surface area contributed by atoms with Crippen molar-refractivity contribution in [3.05, 3.63) is 59.7 Å². The average Bonchev–Trinajstić information content (AvgIpc) is 2.70. The van der Waals surface area contributed by atoms with Crippen molar-refractivity contribution < 1.29 is 9.53 Å². The number of carbonyl (C=O) groups excluding carboxylic acids is 1. The zero-order chi connectivity index (χ0) is 21.4. The van der Waals surface area contributed by atoms with Crippen molar-refractivity contribution in [3.63, 3.8) is 0 Å². The molecular formula is C22H28N4O2S. The molecule has 2 aromatic carbocycles. The lowest BCUT2D eigenvalue weighted by atomic mass is 10.0. The van der Waals surface area contributed by atoms with Gasteiger partial charge < -0.3 is 15.0 Å². The molecule has 2 N–H and O–H groups in total. The van der Waals surface area contributed by atoms with Crippen LogP contribution in [0, 0.1) is 0 Å². The van der Waals surface area contributed by atoms with Gasteiger partial charge in [-0.2, -0.15) is 5.10 Å². The van der Waals surface area contributed by atoms with Crippen LogP contribution in [-0.2, 0) is 4.79 Å². The van der Waals surface area contributed by atoms with Gasteiger partial charge in [-0.25, -0.2) is 0 Å². The molecule has 2 rings (SSSR count). The number of amides is 1. The zero-order valence-corrected chi connectivity index (χ0v) is 18.3. The van der Waals surface area contributed by atoms with Gasteiger partial charge in [0.05, 0.1) is 5.71 Å². The maximum Gasteiger partial charge on any atom is 0.259 e. The Bertz CT molecular complexity index is 859. The first-order chi connectivity index (χ1) is 13.8. The van der Waals surface area contributed by atoms with Gasteiger partial charge in [0.15, 0.2) is 11.7 Å². The number of carbonyl (C=O) groups is 1. The van der Waals surface area contributed by atoms with E-state index in [2.05, 4.69) is 41.8 Å². The highest BCUT2D eigenvalue weighted by Gasteiger charge is 2.06. The van der Waals surface area contributed by atoms with Gasteiger partial charge in [0.1, 0.15) is 5.75 Å². The molecule has 0 aliphatic rings. The Labute approximate surface area is 177 Å². The van der Waals surface area contributed by atoms with E-state index in [0.717, 1.165) is 17.0 Å². The Kier molecular flexibility index (Phi) is 8.15. The number of hydrogen-bond donors (Lipinski definition) is 2. The second-order valence-corrected chi connectivity index (χ2v) is 7.55. The van der Waals surface area contributed by atoms with Gasteiger partial charge in [0.2, 0.25) is 0 Å². The van der Waals surface area contributed by atoms with Crippen LogP contribution in [0.15, 0.2) is 53.6 Å². The fourth-order valence-corrected chi connectivity index (χ4v) is 2.54. The van der Waals surface area contributed by atoms with Crippen LogP contribution >= 0.6 is 12.2 Å². The van der Waals surface area contributed by atoms with Crippen molar-refractivity contribution in [3.8, 4) is 5.75 Å². The molecule has 0 unspecified atom stereocenters. The molecule has 0 fully saturated rings. The van der Waals surface area contributed by atoms with E-state index in [0.29, 0.717) is 16.8 Å². The van der Waals surface area contributed by atoms with E-state index < -0.39 is 0 Å². The molecular weight excluding hydrogens is 384 g/mol. The van der Waals surface area contributed by atoms with Crippen LogP contribution < -0.4 is 15.5 Å². The summed E-state index contributed by atoms with van der Waals surface area (Å²) in [5.41, 5.74) is 6.75. The van der Waals surface area contributed by atoms with Crippen LogP contribution in [0.25, 0.3) is 0 Å². The van der Waals surface area contributed by atoms with Gasteiger partial charge in [-0.05, 0) is 72.6 Å². The Balaban J connectivity index is 1.88. The minimum absolute atomic E-state index is 0.0130. The summed E-state index contributed by atoms with van der Waals surface area (Å²) in [6, 6.07) is 15.6. The van der Waals surface area contributed by atoms with Crippen molar-refractivity contribution in [2.75, 3.05) is 26.0 Å². The standard InChI is InChI=1S/C22H28N4O2S/c1-15(2)17-6-10-19(11-7-17)23-22(29)25-24-16(3)18-8-12-20(13-9-18)28-14-21(27)26(4)5/h6-13,15H,14H2,1-5H3,(H2,23,25,29)/b24-16-. The Morgan fingerprint density at radius 1 is 1.10 bits per heavy atom. The first-order valence-electron chi connectivity index (χ1n) is 9.41. The van der Waals surface area contributed by atoms with E-state index in [9.17, 15) is 4.79 Å². The molecule has 0 aliphatic heterocycles. The first kappa shape index (κ1) is 22.4. The summed E-state index contributed by atoms with van der Waals surface area (Å²) >= 11 is 5.30. The molecule has 0 saturated carbocycles. The number of hydrazone groups is 1. The van der Waals surface area contributed by atoms with Crippen molar-refractivity contribution in [1.82, 2.24) is 10.3 Å². The molecule has 0 bridgehead atoms. The molecule has 2 aromatic rings. The number of likely N-dealkylation sites (N-methyl/N-ethyl adjacent to an activating group) is 1. The molecule has 0 atom stereocenters. The first-order valence-corrected chi connectivity index (χ1v) is 9.81. The predicted octanol–water partition coefficient (Wildman–Crippen LogP) is 3.99. The lowest BCUT2D eigenvalue weighted by Gasteiger charge is -2.12. The van der Waals surface area contributed by atoms with Crippen LogP contribution in [0.3, 0.4) is 0 Å². The fraction of sp³-hybridized carbons (Fsp3) is 0.318. The van der Waals surface area contributed by atoms with Crippen LogP contribution in [0.5, 0.6) is 5.75 Å². The Hall–Kier alpha value is -2.93. The monoisotopic (exact) mass is 412 g/mol. The van der Waals surface area contributed by atoms with Crippen molar-refractivity contribution in [2.45, 2.75) is 26.7 Å². The summed E-state index contributed by atoms with van der Waals surface area (Å²) in [4.78, 5) is 13.1. The van der Waals surface area contributed by atoms with Crippen LogP contribution in [0.4, 0.5) is 5.69 Å². The van der Waals surface area contributed by atoms with E-state index >= 15 is 0 Å². The Morgan fingerprint density at radius 2 is 1.72 bits per heavy atom. The summed E-state index contributed by atoms with van der Waals surface area (Å²) in [5.74, 6) is 1.04. The van der Waals surface area contributed by atoms with Crippen molar-refractivity contribution >= 4 is 34.6 Å². The number of benzene rings is 2. The SMILES string of the molecule is C/C(=N/NC(=S)Nc1ccc(C(C)C)cc1)c1ccc(OCC(=O)N(C)C)cc1. The summed E-state index contributed by atoms with van der Waals surface area (Å²) in [5, 5.41) is 7.86. The van der Waals surface area contributed by atoms with Gasteiger partial charge in [0, 0.05) is 19.8 Å². The van der Waals surface area contributed by atoms with Gasteiger partial charge in [-0.3, -0.25) is 10.2 Å². The number of nitrogens with zero attached hydrogens (tertiary/aromatic N) is 2. The molecule has 0 saturated heterocycles. The van der Waals surface area contributed by atoms with E-state index in [4.69, 9.17) is 17.0 Å². The molecule has 154 valence electrons. The molecule has 0 spiro atoms. The highest BCUT2D eigenvalue weighted by atomic mass is 32.1. The minimum atomic E-state index is -0.0872. The third-order valence-electron chi connectivity index (χ3n) is 4.29. The van der Waals surface area contributed by atoms with Crippen LogP contribution in [0.1, 0.15) is 37.8 Å². The van der Waals surface area contributed by atoms with Crippen LogP contribution in [-0.4, -0.2) is 42.3 Å². The fourth-order valence-electron chi connectivity index (χ4n) is 2.38. The smallest absolute Gasteiger partial charge is 0.259 e. The van der Waals surface area contributed by atoms with Gasteiger partial charge >= 0.3 is 0 Å². The van der Waals surface area contributed by atoms with Gasteiger partial charge in [-0.15, -0.1) is 0 Å². The van der Waals surface area contributed by atoms with Crippen LogP contribution in [0.2, 0.25) is 0 Å². The summed E-state index contributed by atoms with van der Waals surface area (Å²) in [6.07, 6.45) is 0. The van der Waals surface area contributed by atoms with Gasteiger partial charge in [-0.1, -0.05) is 26.0 Å². The van der Waals surface area contributed by atoms with E-state index in [1.54, 1.807) is 14.1 Å². The normalized spacial score (nSPS) is 11.2. The lowest BCUT2D eigenvalue weighted by Crippen LogP contribution is -2.27. The van der Waals surface area contributed by atoms with Crippen molar-refractivity contribution in [1.29, 1.82) is 0 Å². The molecule has 0 heterocycles. The Morgan fingerprint density at radius 3 is 2.28 bits per heavy atom. The highest BCUT2D eigenvalue weighted by Crippen LogP contribution is 2.17. The predicted molar refractivity (Wildman–Crippen MR) is 123 cm³/mol. The maximum atomic E-state index is 11.6. The molecule has 0 aliphatic carbocycles. The minimum Gasteiger partial charge on any atom is -0.484 e. The number of hydrogen-bond acceptors (Lipinski definition) is 4. The number of nitrogens with one attached hydrogen (secondary N) is 2. The summed E-state index contributed by atoms with van der Waals surface area (Å²) in [6.45, 7) is 6.22. The third kappa shape index (κ3) is 7.19. The topological polar surface area (TPSA) is 66.0 Å². The molecule has 6 nitrogen and oxygen atoms in total. The average molecular weight is 413 g/mol. The molecule has 0 radical (unpaired) electrons. The van der Waals surface area contributed by atoms with E-state index in [1.165, 1.54) is 10.5 Å². The third-order valence-corrected chi connectivity index (χ3v) is 4.49. The lowest BCUT2D eigenvalue weighted by molar-refractivity contribution is -0.130. The zero-order valence-electron chi connectivity index (χ0n) is 17.5. The second kappa shape index (κ2) is 10.6. The molecule has 29 heavy (non-hydrogen) atoms. The highest BCUT2D eigenvalue weighted by molar-refractivity contribution is 7.80. The molecule has 7 heteroatoms. The van der Waals surface area contributed by atoms with Crippen molar-refractivity contribution in [2.24, 2.45) is 5.10 Å². The second-order valence-electron chi connectivity index (χ2n) is 7.14. The number of rotatable bonds is 7. The summed E-state index contributed by atoms with van der Waals surface area (Å²) in [7, 11) is 3.39. The quantitative estimate of drug-likeness (QED) is 0.409. The number of ether oxygens (including phenoxy) is 1. The molecule has 0 aromatic heterocycles. The largest absolute Gasteiger partial charge is 0.484 e. The summed E-state index contributed by atoms with van der Waals surface area (Å²) < 4.78 is 5.47.